The minimum atomic E-state index is -2.07. The van der Waals surface area contributed by atoms with Crippen LogP contribution in [0.4, 0.5) is 5.82 Å². The molecule has 13 nitrogen and oxygen atoms in total. The van der Waals surface area contributed by atoms with Crippen LogP contribution in [0.15, 0.2) is 67.7 Å². The molecule has 14 heteroatoms. The maximum atomic E-state index is 14.8. The molecule has 4 N–H and O–H groups in total. The maximum absolute atomic E-state index is 14.8. The molecule has 7 rings (SSSR count). The van der Waals surface area contributed by atoms with Crippen molar-refractivity contribution in [3.63, 3.8) is 0 Å². The van der Waals surface area contributed by atoms with Crippen molar-refractivity contribution in [1.29, 1.82) is 0 Å². The van der Waals surface area contributed by atoms with Crippen LogP contribution in [-0.4, -0.2) is 52.4 Å². The van der Waals surface area contributed by atoms with Crippen LogP contribution in [0.5, 0.6) is 17.2 Å². The smallest absolute Gasteiger partial charge is 0.335 e. The van der Waals surface area contributed by atoms with Gasteiger partial charge in [0.05, 0.1) is 31.3 Å². The van der Waals surface area contributed by atoms with E-state index in [0.29, 0.717) is 17.0 Å². The van der Waals surface area contributed by atoms with Crippen LogP contribution in [0.2, 0.25) is 5.02 Å². The average Bonchev–Trinajstić information content (AvgIpc) is 3.64. The van der Waals surface area contributed by atoms with E-state index >= 15 is 0 Å². The predicted molar refractivity (Wildman–Crippen MR) is 162 cm³/mol. The zero-order valence-corrected chi connectivity index (χ0v) is 25.2. The molecule has 4 aromatic rings. The lowest BCUT2D eigenvalue weighted by molar-refractivity contribution is -0.130. The Kier molecular flexibility index (Phi) is 6.49. The number of methoxy groups -OCH3 is 2. The molecule has 0 saturated carbocycles. The zero-order valence-electron chi connectivity index (χ0n) is 24.4. The van der Waals surface area contributed by atoms with E-state index in [0.717, 1.165) is 0 Å². The Morgan fingerprint density at radius 2 is 1.72 bits per heavy atom. The molecule has 4 heterocycles. The van der Waals surface area contributed by atoms with Gasteiger partial charge in [0.1, 0.15) is 39.4 Å². The van der Waals surface area contributed by atoms with Crippen molar-refractivity contribution in [1.82, 2.24) is 9.97 Å². The number of H-pyrrole nitrogens is 2. The van der Waals surface area contributed by atoms with Crippen LogP contribution in [0.1, 0.15) is 51.3 Å². The number of fused-ring (bicyclic) bond motifs is 2. The fourth-order valence-electron chi connectivity index (χ4n) is 6.51. The summed E-state index contributed by atoms with van der Waals surface area (Å²) in [6.07, 6.45) is 0.104. The van der Waals surface area contributed by atoms with Crippen LogP contribution in [0, 0.1) is 5.92 Å². The van der Waals surface area contributed by atoms with Gasteiger partial charge in [-0.15, -0.1) is 0 Å². The molecule has 0 fully saturated rings. The zero-order chi connectivity index (χ0) is 32.7. The number of carboxylic acids is 1. The molecular weight excluding hydrogens is 622 g/mol. The van der Waals surface area contributed by atoms with E-state index in [1.165, 1.54) is 32.4 Å². The number of hydrogen-bond acceptors (Lipinski definition) is 10. The van der Waals surface area contributed by atoms with Gasteiger partial charge >= 0.3 is 11.7 Å². The largest absolute Gasteiger partial charge is 0.496 e. The Bertz CT molecular complexity index is 2160. The SMILES string of the molecule is COc1cc(OC)c2c(c1Cl)O[C@@]1(C(=O)C3=C(C[C@H]1C)Nc1[nH]c(=O)[nH]c(=O)c1C3c1ccc(-c3ccc(C(=O)O)cc3)o1)C2=O. The van der Waals surface area contributed by atoms with E-state index in [-0.39, 0.29) is 62.5 Å². The Labute approximate surface area is 263 Å². The van der Waals surface area contributed by atoms with Crippen LogP contribution in [-0.2, 0) is 4.79 Å². The van der Waals surface area contributed by atoms with Crippen molar-refractivity contribution in [2.75, 3.05) is 19.5 Å². The Balaban J connectivity index is 1.40. The van der Waals surface area contributed by atoms with E-state index in [9.17, 15) is 29.1 Å². The second kappa shape index (κ2) is 10.2. The molecule has 2 aliphatic heterocycles. The minimum absolute atomic E-state index is 0.00872. The summed E-state index contributed by atoms with van der Waals surface area (Å²) in [4.78, 5) is 70.9. The summed E-state index contributed by atoms with van der Waals surface area (Å²) >= 11 is 6.58. The van der Waals surface area contributed by atoms with E-state index in [2.05, 4.69) is 15.3 Å². The monoisotopic (exact) mass is 645 g/mol. The number of aromatic nitrogens is 2. The van der Waals surface area contributed by atoms with Gasteiger partial charge in [0.25, 0.3) is 5.56 Å². The summed E-state index contributed by atoms with van der Waals surface area (Å²) in [5.41, 5.74) is -2.61. The Morgan fingerprint density at radius 3 is 2.39 bits per heavy atom. The van der Waals surface area contributed by atoms with E-state index in [1.807, 2.05) is 0 Å². The third-order valence-corrected chi connectivity index (χ3v) is 9.05. The number of anilines is 1. The van der Waals surface area contributed by atoms with Crippen LogP contribution in [0.3, 0.4) is 0 Å². The lowest BCUT2D eigenvalue weighted by atomic mass is 9.66. The summed E-state index contributed by atoms with van der Waals surface area (Å²) < 4.78 is 23.3. The first kappa shape index (κ1) is 29.2. The van der Waals surface area contributed by atoms with Crippen molar-refractivity contribution in [3.8, 4) is 28.6 Å². The lowest BCUT2D eigenvalue weighted by Gasteiger charge is -2.41. The molecule has 1 unspecified atom stereocenters. The highest BCUT2D eigenvalue weighted by Crippen LogP contribution is 2.56. The summed E-state index contributed by atoms with van der Waals surface area (Å²) in [7, 11) is 2.75. The topological polar surface area (TPSA) is 190 Å². The first-order valence-electron chi connectivity index (χ1n) is 14.0. The van der Waals surface area contributed by atoms with E-state index < -0.39 is 46.2 Å². The molecular formula is C32H24ClN3O10. The standard InChI is InChI=1S/C32H24ClN3O10/c1-12-10-15-20(26(37)32(12)27(38)22-18(43-2)11-19(44-3)24(33)25(22)46-32)21(23-28(34-15)35-31(42)36-29(23)39)17-9-8-16(45-17)13-4-6-14(7-5-13)30(40)41/h4-9,11-12,21H,10H2,1-3H3,(H,40,41)(H3,34,35,36,39,42)/t12-,21?,32+/m1/s1. The number of ketones is 2. The van der Waals surface area contributed by atoms with E-state index in [1.54, 1.807) is 31.2 Å². The summed E-state index contributed by atoms with van der Waals surface area (Å²) in [5, 5.41) is 12.3. The van der Waals surface area contributed by atoms with Gasteiger partial charge in [-0.2, -0.15) is 0 Å². The molecule has 234 valence electrons. The number of halogens is 1. The van der Waals surface area contributed by atoms with Gasteiger partial charge in [0.2, 0.25) is 17.2 Å². The molecule has 46 heavy (non-hydrogen) atoms. The molecule has 0 radical (unpaired) electrons. The van der Waals surface area contributed by atoms with Gasteiger partial charge in [0.15, 0.2) is 5.75 Å². The van der Waals surface area contributed by atoms with Crippen LogP contribution in [0.25, 0.3) is 11.3 Å². The summed E-state index contributed by atoms with van der Waals surface area (Å²) in [6, 6.07) is 10.6. The number of carbonyl (C=O) groups excluding carboxylic acids is 2. The average molecular weight is 646 g/mol. The molecule has 1 spiro atoms. The number of aromatic carboxylic acids is 1. The number of allylic oxidation sites excluding steroid dienone is 1. The Morgan fingerprint density at radius 1 is 1.00 bits per heavy atom. The number of nitrogens with one attached hydrogen (secondary N) is 3. The quantitative estimate of drug-likeness (QED) is 0.228. The first-order chi connectivity index (χ1) is 22.0. The highest BCUT2D eigenvalue weighted by atomic mass is 35.5. The number of aromatic amines is 2. The highest BCUT2D eigenvalue weighted by molar-refractivity contribution is 6.36. The van der Waals surface area contributed by atoms with Crippen molar-refractivity contribution in [2.45, 2.75) is 24.9 Å². The van der Waals surface area contributed by atoms with Crippen molar-refractivity contribution < 1.29 is 38.1 Å². The number of hydrogen-bond donors (Lipinski definition) is 4. The second-order valence-corrected chi connectivity index (χ2v) is 11.5. The van der Waals surface area contributed by atoms with Gasteiger partial charge in [-0.25, -0.2) is 9.59 Å². The number of rotatable bonds is 5. The fraction of sp³-hybridized carbons (Fsp3) is 0.219. The predicted octanol–water partition coefficient (Wildman–Crippen LogP) is 4.13. The molecule has 3 aliphatic rings. The third-order valence-electron chi connectivity index (χ3n) is 8.69. The number of carbonyl (C=O) groups is 3. The van der Waals surface area contributed by atoms with Gasteiger partial charge in [0, 0.05) is 28.8 Å². The van der Waals surface area contributed by atoms with Crippen LogP contribution < -0.4 is 30.8 Å². The third kappa shape index (κ3) is 3.97. The minimum Gasteiger partial charge on any atom is -0.496 e. The molecule has 0 saturated heterocycles. The number of benzene rings is 2. The molecule has 2 aromatic carbocycles. The highest BCUT2D eigenvalue weighted by Gasteiger charge is 2.64. The lowest BCUT2D eigenvalue weighted by Crippen LogP contribution is -2.58. The van der Waals surface area contributed by atoms with Crippen molar-refractivity contribution in [3.05, 3.63) is 102 Å². The number of carboxylic acid groups (broad SMARTS) is 1. The summed E-state index contributed by atoms with van der Waals surface area (Å²) in [5.74, 6) is -3.60. The Hall–Kier alpha value is -5.56. The molecule has 0 amide bonds. The van der Waals surface area contributed by atoms with Gasteiger partial charge in [-0.3, -0.25) is 24.4 Å². The molecule has 3 atom stereocenters. The summed E-state index contributed by atoms with van der Waals surface area (Å²) in [6.45, 7) is 1.68. The number of ether oxygens (including phenoxy) is 3. The first-order valence-corrected chi connectivity index (χ1v) is 14.4. The molecule has 0 bridgehead atoms. The van der Waals surface area contributed by atoms with Gasteiger partial charge < -0.3 is 29.1 Å². The normalized spacial score (nSPS) is 21.3. The van der Waals surface area contributed by atoms with Crippen LogP contribution >= 0.6 is 11.6 Å². The fourth-order valence-corrected chi connectivity index (χ4v) is 6.77. The van der Waals surface area contributed by atoms with Gasteiger partial charge in [-0.05, 0) is 30.7 Å². The maximum Gasteiger partial charge on any atom is 0.335 e. The number of furan rings is 1. The van der Waals surface area contributed by atoms with Crippen molar-refractivity contribution in [2.24, 2.45) is 5.92 Å². The van der Waals surface area contributed by atoms with E-state index in [4.69, 9.17) is 30.2 Å². The molecule has 2 aromatic heterocycles. The number of Topliss-reactive ketones (excluding diaryl/α,β-unsaturated/α-hetero) is 2. The van der Waals surface area contributed by atoms with Gasteiger partial charge in [-0.1, -0.05) is 30.7 Å². The second-order valence-electron chi connectivity index (χ2n) is 11.1. The van der Waals surface area contributed by atoms with Crippen molar-refractivity contribution >= 4 is 35.0 Å². The molecule has 1 aliphatic carbocycles.